The highest BCUT2D eigenvalue weighted by atomic mass is 35.5. The Morgan fingerprint density at radius 1 is 1.11 bits per heavy atom. The molecule has 4 rings (SSSR count). The van der Waals surface area contributed by atoms with Crippen molar-refractivity contribution in [2.24, 2.45) is 0 Å². The molecule has 186 valence electrons. The predicted molar refractivity (Wildman–Crippen MR) is 128 cm³/mol. The van der Waals surface area contributed by atoms with Gasteiger partial charge < -0.3 is 24.4 Å². The summed E-state index contributed by atoms with van der Waals surface area (Å²) in [6.07, 6.45) is 0.859. The first-order valence-electron chi connectivity index (χ1n) is 10.9. The number of nitrogens with zero attached hydrogens (tertiary/aromatic N) is 4. The number of piperazine rings is 1. The second-order valence-electron chi connectivity index (χ2n) is 9.05. The van der Waals surface area contributed by atoms with E-state index in [1.807, 2.05) is 4.90 Å². The van der Waals surface area contributed by atoms with Gasteiger partial charge in [0, 0.05) is 31.7 Å². The number of aromatic nitrogens is 2. The summed E-state index contributed by atoms with van der Waals surface area (Å²) in [4.78, 5) is 24.4. The molecule has 0 radical (unpaired) electrons. The SMILES string of the molecule is COc1c(F)c(-c2c(O)cccc2F)c(Cl)c2ncnc(N3CCN(C(=O)OC(C)(C)C)CC3)c12. The molecule has 1 fully saturated rings. The second kappa shape index (κ2) is 9.33. The van der Waals surface area contributed by atoms with E-state index in [2.05, 4.69) is 9.97 Å². The summed E-state index contributed by atoms with van der Waals surface area (Å²) >= 11 is 6.54. The van der Waals surface area contributed by atoms with Crippen LogP contribution in [0.5, 0.6) is 11.5 Å². The summed E-state index contributed by atoms with van der Waals surface area (Å²) < 4.78 is 41.2. The van der Waals surface area contributed by atoms with Gasteiger partial charge in [0.15, 0.2) is 11.6 Å². The third-order valence-electron chi connectivity index (χ3n) is 5.58. The number of rotatable bonds is 3. The topological polar surface area (TPSA) is 88.0 Å². The number of hydrogen-bond acceptors (Lipinski definition) is 7. The number of amides is 1. The van der Waals surface area contributed by atoms with Gasteiger partial charge in [0.05, 0.1) is 28.6 Å². The van der Waals surface area contributed by atoms with E-state index in [4.69, 9.17) is 21.1 Å². The number of ether oxygens (including phenoxy) is 2. The van der Waals surface area contributed by atoms with Gasteiger partial charge in [-0.2, -0.15) is 0 Å². The first kappa shape index (κ1) is 24.7. The average molecular weight is 507 g/mol. The molecule has 0 bridgehead atoms. The molecule has 0 aliphatic carbocycles. The van der Waals surface area contributed by atoms with Crippen molar-refractivity contribution in [2.75, 3.05) is 38.2 Å². The smallest absolute Gasteiger partial charge is 0.410 e. The van der Waals surface area contributed by atoms with Crippen molar-refractivity contribution < 1.29 is 28.2 Å². The van der Waals surface area contributed by atoms with Crippen LogP contribution in [0.1, 0.15) is 20.8 Å². The van der Waals surface area contributed by atoms with Crippen molar-refractivity contribution in [3.8, 4) is 22.6 Å². The van der Waals surface area contributed by atoms with Crippen molar-refractivity contribution in [3.05, 3.63) is 41.2 Å². The van der Waals surface area contributed by atoms with Gasteiger partial charge in [-0.25, -0.2) is 23.5 Å². The van der Waals surface area contributed by atoms with Gasteiger partial charge in [0.1, 0.15) is 29.3 Å². The van der Waals surface area contributed by atoms with Crippen molar-refractivity contribution >= 4 is 34.4 Å². The third kappa shape index (κ3) is 4.62. The normalized spacial score (nSPS) is 14.4. The largest absolute Gasteiger partial charge is 0.507 e. The van der Waals surface area contributed by atoms with Crippen molar-refractivity contribution in [1.29, 1.82) is 0 Å². The van der Waals surface area contributed by atoms with Crippen molar-refractivity contribution in [2.45, 2.75) is 26.4 Å². The summed E-state index contributed by atoms with van der Waals surface area (Å²) in [6, 6.07) is 3.63. The molecule has 35 heavy (non-hydrogen) atoms. The molecule has 1 N–H and O–H groups in total. The lowest BCUT2D eigenvalue weighted by Gasteiger charge is -2.36. The van der Waals surface area contributed by atoms with E-state index in [-0.39, 0.29) is 32.8 Å². The molecule has 8 nitrogen and oxygen atoms in total. The number of phenolic OH excluding ortho intramolecular Hbond substituents is 1. The quantitative estimate of drug-likeness (QED) is 0.535. The van der Waals surface area contributed by atoms with Gasteiger partial charge in [0.25, 0.3) is 0 Å². The van der Waals surface area contributed by atoms with Crippen LogP contribution in [0.25, 0.3) is 22.0 Å². The highest BCUT2D eigenvalue weighted by Crippen LogP contribution is 2.47. The molecule has 11 heteroatoms. The van der Waals surface area contributed by atoms with Gasteiger partial charge in [0.2, 0.25) is 0 Å². The average Bonchev–Trinajstić information content (AvgIpc) is 2.80. The second-order valence-corrected chi connectivity index (χ2v) is 9.42. The predicted octanol–water partition coefficient (Wildman–Crippen LogP) is 5.00. The highest BCUT2D eigenvalue weighted by molar-refractivity contribution is 6.38. The van der Waals surface area contributed by atoms with Gasteiger partial charge in [-0.1, -0.05) is 17.7 Å². The number of benzene rings is 2. The zero-order chi connectivity index (χ0) is 25.5. The van der Waals surface area contributed by atoms with Crippen molar-refractivity contribution in [1.82, 2.24) is 14.9 Å². The Morgan fingerprint density at radius 3 is 2.40 bits per heavy atom. The Hall–Kier alpha value is -3.40. The molecular formula is C24H25ClF2N4O4. The summed E-state index contributed by atoms with van der Waals surface area (Å²) in [5.74, 6) is -2.14. The fourth-order valence-corrected chi connectivity index (χ4v) is 4.35. The lowest BCUT2D eigenvalue weighted by atomic mass is 10.00. The van der Waals surface area contributed by atoms with Crippen LogP contribution in [0, 0.1) is 11.6 Å². The number of halogens is 3. The number of phenols is 1. The Labute approximate surface area is 206 Å². The van der Waals surface area contributed by atoms with Crippen LogP contribution in [0.2, 0.25) is 5.02 Å². The molecule has 0 saturated carbocycles. The number of aromatic hydroxyl groups is 1. The first-order chi connectivity index (χ1) is 16.5. The van der Waals surface area contributed by atoms with E-state index in [0.717, 1.165) is 6.07 Å². The number of carbonyl (C=O) groups is 1. The van der Waals surface area contributed by atoms with Crippen LogP contribution in [0.15, 0.2) is 24.5 Å². The van der Waals surface area contributed by atoms with Gasteiger partial charge >= 0.3 is 6.09 Å². The molecule has 1 aromatic heterocycles. The maximum Gasteiger partial charge on any atom is 0.410 e. The fraction of sp³-hybridized carbons (Fsp3) is 0.375. The minimum absolute atomic E-state index is 0.141. The van der Waals surface area contributed by atoms with E-state index in [1.165, 1.54) is 25.6 Å². The molecule has 3 aromatic rings. The molecular weight excluding hydrogens is 482 g/mol. The number of methoxy groups -OCH3 is 1. The minimum Gasteiger partial charge on any atom is -0.507 e. The summed E-state index contributed by atoms with van der Waals surface area (Å²) in [7, 11) is 1.27. The summed E-state index contributed by atoms with van der Waals surface area (Å²) in [6.45, 7) is 6.91. The van der Waals surface area contributed by atoms with Crippen LogP contribution in [-0.2, 0) is 4.74 Å². The number of fused-ring (bicyclic) bond motifs is 1. The van der Waals surface area contributed by atoms with E-state index in [0.29, 0.717) is 32.0 Å². The third-order valence-corrected chi connectivity index (χ3v) is 5.95. The molecule has 0 spiro atoms. The monoisotopic (exact) mass is 506 g/mol. The molecule has 2 aromatic carbocycles. The molecule has 1 aliphatic heterocycles. The standard InChI is InChI=1S/C24H25ClF2N4O4/c1-24(2,3)35-23(33)31-10-8-30(9-11-31)22-17-20(28-12-29-22)18(25)16(19(27)21(17)34-4)15-13(26)6-5-7-14(15)32/h5-7,12,32H,8-11H2,1-4H3. The molecule has 1 aliphatic rings. The Morgan fingerprint density at radius 2 is 1.80 bits per heavy atom. The summed E-state index contributed by atoms with van der Waals surface area (Å²) in [5, 5.41) is 10.3. The zero-order valence-corrected chi connectivity index (χ0v) is 20.5. The number of hydrogen-bond donors (Lipinski definition) is 1. The number of carbonyl (C=O) groups excluding carboxylic acids is 1. The zero-order valence-electron chi connectivity index (χ0n) is 19.7. The lowest BCUT2D eigenvalue weighted by Crippen LogP contribution is -2.50. The summed E-state index contributed by atoms with van der Waals surface area (Å²) in [5.41, 5.74) is -1.21. The Bertz CT molecular complexity index is 1270. The highest BCUT2D eigenvalue weighted by Gasteiger charge is 2.31. The first-order valence-corrected chi connectivity index (χ1v) is 11.3. The van der Waals surface area contributed by atoms with Crippen LogP contribution in [0.3, 0.4) is 0 Å². The van der Waals surface area contributed by atoms with Crippen LogP contribution in [-0.4, -0.2) is 65.0 Å². The Balaban J connectivity index is 1.77. The van der Waals surface area contributed by atoms with Crippen molar-refractivity contribution in [3.63, 3.8) is 0 Å². The molecule has 1 amide bonds. The van der Waals surface area contributed by atoms with Gasteiger partial charge in [-0.15, -0.1) is 0 Å². The number of anilines is 1. The minimum atomic E-state index is -0.950. The van der Waals surface area contributed by atoms with E-state index in [1.54, 1.807) is 25.7 Å². The molecule has 0 atom stereocenters. The van der Waals surface area contributed by atoms with Crippen LogP contribution >= 0.6 is 11.6 Å². The van der Waals surface area contributed by atoms with E-state index >= 15 is 4.39 Å². The maximum atomic E-state index is 15.8. The van der Waals surface area contributed by atoms with Crippen LogP contribution in [0.4, 0.5) is 19.4 Å². The molecule has 1 saturated heterocycles. The van der Waals surface area contributed by atoms with Gasteiger partial charge in [-0.3, -0.25) is 0 Å². The fourth-order valence-electron chi connectivity index (χ4n) is 4.03. The van der Waals surface area contributed by atoms with E-state index in [9.17, 15) is 14.3 Å². The lowest BCUT2D eigenvalue weighted by molar-refractivity contribution is 0.0240. The molecule has 0 unspecified atom stereocenters. The van der Waals surface area contributed by atoms with E-state index < -0.39 is 29.1 Å². The maximum absolute atomic E-state index is 15.8. The van der Waals surface area contributed by atoms with Crippen LogP contribution < -0.4 is 9.64 Å². The van der Waals surface area contributed by atoms with Gasteiger partial charge in [-0.05, 0) is 32.9 Å². The molecule has 2 heterocycles. The Kier molecular flexibility index (Phi) is 6.59.